The second kappa shape index (κ2) is 9.10. The lowest BCUT2D eigenvalue weighted by atomic mass is 9.35. The molecule has 3 fully saturated rings. The van der Waals surface area contributed by atoms with Crippen LogP contribution in [0.15, 0.2) is 11.1 Å². The molecule has 0 saturated heterocycles. The number of hydrogen-bond donors (Lipinski definition) is 1. The van der Waals surface area contributed by atoms with Crippen molar-refractivity contribution in [3.63, 3.8) is 0 Å². The molecule has 1 N–H and O–H groups in total. The Morgan fingerprint density at radius 3 is 2.43 bits per heavy atom. The quantitative estimate of drug-likeness (QED) is 0.410. The molecule has 10 atom stereocenters. The van der Waals surface area contributed by atoms with E-state index in [9.17, 15) is 14.7 Å². The number of aliphatic hydroxyl groups excluding tert-OH is 1. The summed E-state index contributed by atoms with van der Waals surface area (Å²) in [5.41, 5.74) is 2.01. The molecule has 208 valence electrons. The molecule has 5 heteroatoms. The molecule has 0 aromatic rings. The molecule has 0 aromatic heterocycles. The standard InChI is InChI=1S/C32H50O5/c1-8-20(33)17-26(34)37-25-18-24-30(5)15-10-14-29(4,9-2)22(30)13-16-31(24,6)23-12-11-21-19(3)36-28(35)27(21)32(23,25)7/h19-20,22-25,33H,8-18H2,1-7H3/t19-,20?,22-,23-,24+,25-,29-,30-,31-,32+/m0/s1. The van der Waals surface area contributed by atoms with Crippen LogP contribution in [0.4, 0.5) is 0 Å². The maximum atomic E-state index is 13.4. The highest BCUT2D eigenvalue weighted by Gasteiger charge is 2.70. The Labute approximate surface area is 224 Å². The fraction of sp³-hybridized carbons (Fsp3) is 0.875. The second-order valence-electron chi connectivity index (χ2n) is 14.3. The van der Waals surface area contributed by atoms with E-state index >= 15 is 0 Å². The van der Waals surface area contributed by atoms with Gasteiger partial charge in [-0.15, -0.1) is 0 Å². The van der Waals surface area contributed by atoms with Crippen LogP contribution in [0.1, 0.15) is 119 Å². The summed E-state index contributed by atoms with van der Waals surface area (Å²) in [4.78, 5) is 26.5. The summed E-state index contributed by atoms with van der Waals surface area (Å²) >= 11 is 0. The van der Waals surface area contributed by atoms with Crippen LogP contribution in [0, 0.1) is 39.4 Å². The van der Waals surface area contributed by atoms with Gasteiger partial charge in [0.1, 0.15) is 12.2 Å². The highest BCUT2D eigenvalue weighted by atomic mass is 16.6. The SMILES string of the molecule is CCC(O)CC(=O)O[C@H]1C[C@@H]2[C@@]3(C)CCC[C@](C)(CC)[C@@H]3CC[C@@]2(C)[C@@H]2CCC3=C(C(=O)O[C@H]3C)[C@@]12C. The van der Waals surface area contributed by atoms with Crippen LogP contribution >= 0.6 is 0 Å². The van der Waals surface area contributed by atoms with Crippen LogP contribution in [0.5, 0.6) is 0 Å². The molecular weight excluding hydrogens is 464 g/mol. The number of rotatable bonds is 5. The maximum Gasteiger partial charge on any atom is 0.335 e. The smallest absolute Gasteiger partial charge is 0.335 e. The van der Waals surface area contributed by atoms with E-state index in [4.69, 9.17) is 9.47 Å². The molecule has 1 aliphatic heterocycles. The third-order valence-electron chi connectivity index (χ3n) is 12.8. The van der Waals surface area contributed by atoms with Crippen LogP contribution in [-0.2, 0) is 19.1 Å². The van der Waals surface area contributed by atoms with Crippen LogP contribution < -0.4 is 0 Å². The predicted octanol–water partition coefficient (Wildman–Crippen LogP) is 6.76. The van der Waals surface area contributed by atoms with Crippen LogP contribution in [0.25, 0.3) is 0 Å². The molecule has 0 amide bonds. The number of carbonyl (C=O) groups is 2. The van der Waals surface area contributed by atoms with Crippen molar-refractivity contribution >= 4 is 11.9 Å². The van der Waals surface area contributed by atoms with E-state index in [1.807, 2.05) is 13.8 Å². The highest BCUT2D eigenvalue weighted by molar-refractivity contribution is 5.94. The van der Waals surface area contributed by atoms with Gasteiger partial charge in [-0.25, -0.2) is 4.79 Å². The minimum Gasteiger partial charge on any atom is -0.461 e. The minimum atomic E-state index is -0.692. The fourth-order valence-electron chi connectivity index (χ4n) is 10.7. The molecule has 1 heterocycles. The zero-order chi connectivity index (χ0) is 27.0. The third-order valence-corrected chi connectivity index (χ3v) is 12.8. The first-order valence-corrected chi connectivity index (χ1v) is 15.2. The van der Waals surface area contributed by atoms with E-state index in [1.165, 1.54) is 38.5 Å². The normalized spacial score (nSPS) is 47.8. The van der Waals surface area contributed by atoms with Gasteiger partial charge < -0.3 is 14.6 Å². The Kier molecular flexibility index (Phi) is 6.69. The lowest BCUT2D eigenvalue weighted by molar-refractivity contribution is -0.228. The van der Waals surface area contributed by atoms with Gasteiger partial charge in [0.2, 0.25) is 0 Å². The first-order valence-electron chi connectivity index (χ1n) is 15.2. The maximum absolute atomic E-state index is 13.4. The minimum absolute atomic E-state index is 0.0102. The second-order valence-corrected chi connectivity index (χ2v) is 14.3. The van der Waals surface area contributed by atoms with Crippen molar-refractivity contribution in [1.82, 2.24) is 0 Å². The van der Waals surface area contributed by atoms with Gasteiger partial charge in [0.25, 0.3) is 0 Å². The number of fused-ring (bicyclic) bond motifs is 6. The summed E-state index contributed by atoms with van der Waals surface area (Å²) in [5, 5.41) is 10.2. The van der Waals surface area contributed by atoms with E-state index < -0.39 is 11.5 Å². The summed E-state index contributed by atoms with van der Waals surface area (Å²) < 4.78 is 12.2. The molecule has 4 aliphatic carbocycles. The zero-order valence-electron chi connectivity index (χ0n) is 24.3. The lowest BCUT2D eigenvalue weighted by Gasteiger charge is -2.70. The summed E-state index contributed by atoms with van der Waals surface area (Å²) in [6, 6.07) is 0. The predicted molar refractivity (Wildman–Crippen MR) is 143 cm³/mol. The summed E-state index contributed by atoms with van der Waals surface area (Å²) in [5.74, 6) is 0.831. The van der Waals surface area contributed by atoms with Gasteiger partial charge in [-0.1, -0.05) is 54.4 Å². The number of cyclic esters (lactones) is 1. The number of aliphatic hydroxyl groups is 1. The van der Waals surface area contributed by atoms with Gasteiger partial charge in [0.05, 0.1) is 12.5 Å². The molecule has 0 aromatic carbocycles. The Hall–Kier alpha value is -1.36. The van der Waals surface area contributed by atoms with Gasteiger partial charge in [0.15, 0.2) is 0 Å². The van der Waals surface area contributed by atoms with E-state index in [-0.39, 0.29) is 47.3 Å². The Morgan fingerprint density at radius 2 is 1.76 bits per heavy atom. The van der Waals surface area contributed by atoms with Gasteiger partial charge in [-0.2, -0.15) is 0 Å². The van der Waals surface area contributed by atoms with Crippen molar-refractivity contribution < 1.29 is 24.2 Å². The number of esters is 2. The first-order chi connectivity index (χ1) is 17.3. The van der Waals surface area contributed by atoms with Gasteiger partial charge in [-0.3, -0.25) is 4.79 Å². The molecule has 5 aliphatic rings. The van der Waals surface area contributed by atoms with Crippen molar-refractivity contribution in [2.24, 2.45) is 39.4 Å². The largest absolute Gasteiger partial charge is 0.461 e. The molecule has 0 radical (unpaired) electrons. The van der Waals surface area contributed by atoms with Gasteiger partial charge >= 0.3 is 11.9 Å². The fourth-order valence-corrected chi connectivity index (χ4v) is 10.7. The monoisotopic (exact) mass is 514 g/mol. The summed E-state index contributed by atoms with van der Waals surface area (Å²) in [7, 11) is 0. The zero-order valence-corrected chi connectivity index (χ0v) is 24.3. The number of carbonyl (C=O) groups excluding carboxylic acids is 2. The Morgan fingerprint density at radius 1 is 1.05 bits per heavy atom. The molecule has 0 spiro atoms. The summed E-state index contributed by atoms with van der Waals surface area (Å²) in [6.45, 7) is 16.0. The molecule has 5 nitrogen and oxygen atoms in total. The molecule has 0 bridgehead atoms. The Balaban J connectivity index is 1.60. The molecule has 5 rings (SSSR count). The van der Waals surface area contributed by atoms with Crippen molar-refractivity contribution in [3.8, 4) is 0 Å². The topological polar surface area (TPSA) is 72.8 Å². The van der Waals surface area contributed by atoms with Crippen LogP contribution in [0.3, 0.4) is 0 Å². The van der Waals surface area contributed by atoms with E-state index in [0.29, 0.717) is 23.7 Å². The van der Waals surface area contributed by atoms with Crippen molar-refractivity contribution in [2.45, 2.75) is 137 Å². The Bertz CT molecular complexity index is 986. The molecule has 1 unspecified atom stereocenters. The average Bonchev–Trinajstić information content (AvgIpc) is 3.14. The van der Waals surface area contributed by atoms with Crippen LogP contribution in [-0.4, -0.2) is 35.4 Å². The molecule has 37 heavy (non-hydrogen) atoms. The van der Waals surface area contributed by atoms with E-state index in [1.54, 1.807) is 0 Å². The first kappa shape index (κ1) is 27.2. The van der Waals surface area contributed by atoms with Crippen LogP contribution in [0.2, 0.25) is 0 Å². The average molecular weight is 515 g/mol. The van der Waals surface area contributed by atoms with Crippen molar-refractivity contribution in [3.05, 3.63) is 11.1 Å². The molecule has 3 saturated carbocycles. The summed E-state index contributed by atoms with van der Waals surface area (Å²) in [6.07, 6.45) is 9.42. The number of hydrogen-bond acceptors (Lipinski definition) is 5. The van der Waals surface area contributed by atoms with Crippen molar-refractivity contribution in [1.29, 1.82) is 0 Å². The van der Waals surface area contributed by atoms with E-state index in [2.05, 4.69) is 34.6 Å². The third kappa shape index (κ3) is 3.79. The highest BCUT2D eigenvalue weighted by Crippen LogP contribution is 2.74. The van der Waals surface area contributed by atoms with E-state index in [0.717, 1.165) is 30.4 Å². The van der Waals surface area contributed by atoms with Gasteiger partial charge in [0, 0.05) is 11.0 Å². The van der Waals surface area contributed by atoms with Gasteiger partial charge in [-0.05, 0) is 97.9 Å². The number of ether oxygens (including phenoxy) is 2. The molecular formula is C32H50O5. The lowest BCUT2D eigenvalue weighted by Crippen LogP contribution is -2.66. The van der Waals surface area contributed by atoms with Crippen molar-refractivity contribution in [2.75, 3.05) is 0 Å².